The third-order valence-electron chi connectivity index (χ3n) is 5.79. The molecule has 0 fully saturated rings. The third kappa shape index (κ3) is 2.78. The summed E-state index contributed by atoms with van der Waals surface area (Å²) in [5, 5.41) is 13.8. The fraction of sp³-hybridized carbons (Fsp3) is 0. The Kier molecular flexibility index (Phi) is 3.84. The lowest BCUT2D eigenvalue weighted by atomic mass is 9.94. The summed E-state index contributed by atoms with van der Waals surface area (Å²) in [5.74, 6) is 0. The number of furan rings is 1. The Morgan fingerprint density at radius 2 is 1.35 bits per heavy atom. The molecule has 0 aliphatic rings. The highest BCUT2D eigenvalue weighted by Crippen LogP contribution is 2.40. The van der Waals surface area contributed by atoms with Crippen molar-refractivity contribution in [3.05, 3.63) is 103 Å². The van der Waals surface area contributed by atoms with Crippen LogP contribution in [0.3, 0.4) is 0 Å². The summed E-state index contributed by atoms with van der Waals surface area (Å²) in [5.41, 5.74) is 6.52. The molecular formula is C28H16N2O. The van der Waals surface area contributed by atoms with E-state index in [1.165, 1.54) is 10.8 Å². The quantitative estimate of drug-likeness (QED) is 0.308. The number of pyridine rings is 1. The Bertz CT molecular complexity index is 1640. The van der Waals surface area contributed by atoms with E-state index in [9.17, 15) is 0 Å². The van der Waals surface area contributed by atoms with Gasteiger partial charge in [0.25, 0.3) is 0 Å². The maximum absolute atomic E-state index is 9.12. The van der Waals surface area contributed by atoms with Crippen molar-refractivity contribution in [2.45, 2.75) is 0 Å². The van der Waals surface area contributed by atoms with Crippen molar-refractivity contribution >= 4 is 32.7 Å². The smallest absolute Gasteiger partial charge is 0.141 e. The molecule has 2 heterocycles. The van der Waals surface area contributed by atoms with Crippen molar-refractivity contribution in [2.75, 3.05) is 0 Å². The van der Waals surface area contributed by atoms with Crippen LogP contribution in [0, 0.1) is 11.3 Å². The van der Waals surface area contributed by atoms with Gasteiger partial charge in [-0.15, -0.1) is 0 Å². The summed E-state index contributed by atoms with van der Waals surface area (Å²) < 4.78 is 6.20. The molecule has 6 aromatic rings. The van der Waals surface area contributed by atoms with Gasteiger partial charge in [0.05, 0.1) is 0 Å². The van der Waals surface area contributed by atoms with Gasteiger partial charge < -0.3 is 4.42 Å². The van der Waals surface area contributed by atoms with Crippen LogP contribution in [0.5, 0.6) is 0 Å². The zero-order valence-corrected chi connectivity index (χ0v) is 16.5. The van der Waals surface area contributed by atoms with Gasteiger partial charge in [0, 0.05) is 17.0 Å². The second-order valence-electron chi connectivity index (χ2n) is 7.56. The molecule has 0 amide bonds. The Morgan fingerprint density at radius 3 is 2.16 bits per heavy atom. The SMILES string of the molecule is N#Cc1cc(-c2ccc(-c3cc4oc5ccccc5c4c4ccccc34)cc2)ccn1. The molecule has 0 unspecified atom stereocenters. The van der Waals surface area contributed by atoms with Crippen LogP contribution in [0.1, 0.15) is 5.69 Å². The van der Waals surface area contributed by atoms with Crippen LogP contribution in [0.15, 0.2) is 102 Å². The van der Waals surface area contributed by atoms with E-state index in [1.54, 1.807) is 6.20 Å². The molecule has 144 valence electrons. The number of para-hydroxylation sites is 1. The number of aromatic nitrogens is 1. The number of hydrogen-bond donors (Lipinski definition) is 0. The van der Waals surface area contributed by atoms with E-state index >= 15 is 0 Å². The van der Waals surface area contributed by atoms with Crippen molar-refractivity contribution in [2.24, 2.45) is 0 Å². The van der Waals surface area contributed by atoms with E-state index in [0.29, 0.717) is 5.69 Å². The highest BCUT2D eigenvalue weighted by Gasteiger charge is 2.14. The third-order valence-corrected chi connectivity index (χ3v) is 5.79. The minimum absolute atomic E-state index is 0.419. The molecule has 0 spiro atoms. The maximum atomic E-state index is 9.12. The van der Waals surface area contributed by atoms with Crippen LogP contribution < -0.4 is 0 Å². The molecule has 0 radical (unpaired) electrons. The first kappa shape index (κ1) is 17.4. The number of hydrogen-bond acceptors (Lipinski definition) is 3. The predicted octanol–water partition coefficient (Wildman–Crippen LogP) is 7.34. The molecule has 0 bridgehead atoms. The topological polar surface area (TPSA) is 49.8 Å². The lowest BCUT2D eigenvalue weighted by molar-refractivity contribution is 0.669. The monoisotopic (exact) mass is 396 g/mol. The van der Waals surface area contributed by atoms with E-state index in [2.05, 4.69) is 77.8 Å². The van der Waals surface area contributed by atoms with Crippen LogP contribution in [0.25, 0.3) is 55.0 Å². The molecule has 2 aromatic heterocycles. The molecule has 3 heteroatoms. The van der Waals surface area contributed by atoms with Gasteiger partial charge in [-0.3, -0.25) is 0 Å². The van der Waals surface area contributed by atoms with Crippen LogP contribution in [-0.2, 0) is 0 Å². The van der Waals surface area contributed by atoms with Crippen molar-refractivity contribution in [1.29, 1.82) is 5.26 Å². The second-order valence-corrected chi connectivity index (χ2v) is 7.56. The van der Waals surface area contributed by atoms with Crippen molar-refractivity contribution in [3.63, 3.8) is 0 Å². The maximum Gasteiger partial charge on any atom is 0.141 e. The number of benzene rings is 4. The molecule has 3 nitrogen and oxygen atoms in total. The second kappa shape index (κ2) is 6.83. The summed E-state index contributed by atoms with van der Waals surface area (Å²) in [7, 11) is 0. The highest BCUT2D eigenvalue weighted by atomic mass is 16.3. The lowest BCUT2D eigenvalue weighted by Crippen LogP contribution is -1.86. The molecule has 6 rings (SSSR count). The average Bonchev–Trinajstić information content (AvgIpc) is 3.22. The van der Waals surface area contributed by atoms with Crippen LogP contribution in [-0.4, -0.2) is 4.98 Å². The largest absolute Gasteiger partial charge is 0.456 e. The van der Waals surface area contributed by atoms with Crippen molar-refractivity contribution in [1.82, 2.24) is 4.98 Å². The van der Waals surface area contributed by atoms with Crippen LogP contribution in [0.2, 0.25) is 0 Å². The first-order chi connectivity index (χ1) is 15.3. The Morgan fingerprint density at radius 1 is 0.645 bits per heavy atom. The van der Waals surface area contributed by atoms with Gasteiger partial charge in [-0.25, -0.2) is 4.98 Å². The highest BCUT2D eigenvalue weighted by molar-refractivity contribution is 6.22. The fourth-order valence-corrected chi connectivity index (χ4v) is 4.34. The Balaban J connectivity index is 1.55. The van der Waals surface area contributed by atoms with Gasteiger partial charge in [-0.05, 0) is 57.3 Å². The van der Waals surface area contributed by atoms with E-state index in [-0.39, 0.29) is 0 Å². The normalized spacial score (nSPS) is 11.2. The summed E-state index contributed by atoms with van der Waals surface area (Å²) in [6, 6.07) is 33.1. The van der Waals surface area contributed by atoms with E-state index < -0.39 is 0 Å². The lowest BCUT2D eigenvalue weighted by Gasteiger charge is -2.10. The summed E-state index contributed by atoms with van der Waals surface area (Å²) >= 11 is 0. The van der Waals surface area contributed by atoms with Gasteiger partial charge in [-0.1, -0.05) is 66.7 Å². The van der Waals surface area contributed by atoms with Crippen molar-refractivity contribution in [3.8, 4) is 28.3 Å². The minimum Gasteiger partial charge on any atom is -0.456 e. The van der Waals surface area contributed by atoms with E-state index in [0.717, 1.165) is 44.2 Å². The minimum atomic E-state index is 0.419. The summed E-state index contributed by atoms with van der Waals surface area (Å²) in [6.07, 6.45) is 1.67. The van der Waals surface area contributed by atoms with E-state index in [1.807, 2.05) is 24.3 Å². The Hall–Kier alpha value is -4.42. The molecule has 0 N–H and O–H groups in total. The molecule has 0 saturated carbocycles. The molecule has 0 aliphatic heterocycles. The predicted molar refractivity (Wildman–Crippen MR) is 125 cm³/mol. The van der Waals surface area contributed by atoms with Crippen LogP contribution >= 0.6 is 0 Å². The summed E-state index contributed by atoms with van der Waals surface area (Å²) in [6.45, 7) is 0. The first-order valence-electron chi connectivity index (χ1n) is 10.1. The molecule has 4 aromatic carbocycles. The van der Waals surface area contributed by atoms with Gasteiger partial charge in [0.1, 0.15) is 22.9 Å². The zero-order valence-electron chi connectivity index (χ0n) is 16.5. The Labute approximate surface area is 178 Å². The standard InChI is InChI=1S/C28H16N2O/c29-17-21-15-20(13-14-30-21)18-9-11-19(12-10-18)25-16-27-28(23-6-2-1-5-22(23)25)24-7-3-4-8-26(24)31-27/h1-16H. The molecule has 0 aliphatic carbocycles. The molecule has 0 saturated heterocycles. The zero-order chi connectivity index (χ0) is 20.8. The fourth-order valence-electron chi connectivity index (χ4n) is 4.34. The van der Waals surface area contributed by atoms with Gasteiger partial charge >= 0.3 is 0 Å². The molecule has 0 atom stereocenters. The number of fused-ring (bicyclic) bond motifs is 5. The average molecular weight is 396 g/mol. The van der Waals surface area contributed by atoms with Crippen molar-refractivity contribution < 1.29 is 4.42 Å². The number of nitriles is 1. The first-order valence-corrected chi connectivity index (χ1v) is 10.1. The molecule has 31 heavy (non-hydrogen) atoms. The molecular weight excluding hydrogens is 380 g/mol. The number of nitrogens with zero attached hydrogens (tertiary/aromatic N) is 2. The van der Waals surface area contributed by atoms with Gasteiger partial charge in [0.2, 0.25) is 0 Å². The number of rotatable bonds is 2. The summed E-state index contributed by atoms with van der Waals surface area (Å²) in [4.78, 5) is 4.06. The van der Waals surface area contributed by atoms with Crippen LogP contribution in [0.4, 0.5) is 0 Å². The van der Waals surface area contributed by atoms with Gasteiger partial charge in [0.15, 0.2) is 0 Å². The van der Waals surface area contributed by atoms with E-state index in [4.69, 9.17) is 9.68 Å². The van der Waals surface area contributed by atoms with Gasteiger partial charge in [-0.2, -0.15) is 5.26 Å².